The molecule has 0 unspecified atom stereocenters. The van der Waals surface area contributed by atoms with E-state index >= 15 is 0 Å². The average Bonchev–Trinajstić information content (AvgIpc) is 2.94. The van der Waals surface area contributed by atoms with E-state index in [0.717, 1.165) is 59.5 Å². The number of fused-ring (bicyclic) bond motifs is 4. The Morgan fingerprint density at radius 1 is 0.878 bits per heavy atom. The number of hydrogen-bond acceptors (Lipinski definition) is 3. The first-order chi connectivity index (χ1) is 19.7. The third kappa shape index (κ3) is 4.12. The Hall–Kier alpha value is -3.85. The molecule has 9 heteroatoms. The molecule has 2 aromatic carbocycles. The van der Waals surface area contributed by atoms with Crippen molar-refractivity contribution in [2.75, 3.05) is 31.1 Å². The third-order valence-electron chi connectivity index (χ3n) is 9.45. The van der Waals surface area contributed by atoms with E-state index in [4.69, 9.17) is 0 Å². The van der Waals surface area contributed by atoms with E-state index in [-0.39, 0.29) is 11.1 Å². The van der Waals surface area contributed by atoms with Gasteiger partial charge in [-0.3, -0.25) is 0 Å². The molecule has 3 saturated heterocycles. The number of anilines is 1. The minimum atomic E-state index is -2.36. The molecule has 0 saturated carbocycles. The Labute approximate surface area is 237 Å². The highest BCUT2D eigenvalue weighted by Crippen LogP contribution is 2.48. The van der Waals surface area contributed by atoms with Crippen molar-refractivity contribution >= 4 is 42.2 Å². The van der Waals surface area contributed by atoms with Crippen LogP contribution in [-0.4, -0.2) is 79.0 Å². The number of nitrogens with zero attached hydrogens (tertiary/aromatic N) is 2. The van der Waals surface area contributed by atoms with E-state index in [9.17, 15) is 28.6 Å². The predicted octanol–water partition coefficient (Wildman–Crippen LogP) is 4.74. The van der Waals surface area contributed by atoms with Crippen LogP contribution < -0.4 is 10.1 Å². The Kier molecular flexibility index (Phi) is 6.11. The molecule has 210 valence electrons. The van der Waals surface area contributed by atoms with Crippen molar-refractivity contribution in [1.29, 1.82) is 0 Å². The fourth-order valence-corrected chi connectivity index (χ4v) is 12.9. The molecule has 5 aliphatic rings. The summed E-state index contributed by atoms with van der Waals surface area (Å²) in [7, 11) is -2.36. The summed E-state index contributed by atoms with van der Waals surface area (Å²) in [6.45, 7) is 1.42. The summed E-state index contributed by atoms with van der Waals surface area (Å²) in [5.74, 6) is -2.25. The SMILES string of the molecule is O=C(O)c1ccc(C(=O)O)c(C2=C3C=CC(=[N+]4CC(F)C4)C=C3[Si]3(CCCCC3)c3cc(N4CC(F)C4)ccc32)c1. The Bertz CT molecular complexity index is 1620. The first kappa shape index (κ1) is 26.1. The molecule has 4 heterocycles. The smallest absolute Gasteiger partial charge is 0.336 e. The van der Waals surface area contributed by atoms with Crippen molar-refractivity contribution < 1.29 is 33.2 Å². The number of carbonyl (C=O) groups is 2. The van der Waals surface area contributed by atoms with Crippen molar-refractivity contribution in [1.82, 2.24) is 0 Å². The molecular weight excluding hydrogens is 542 g/mol. The number of rotatable bonds is 4. The first-order valence-electron chi connectivity index (χ1n) is 14.3. The van der Waals surface area contributed by atoms with Gasteiger partial charge in [-0.15, -0.1) is 0 Å². The Morgan fingerprint density at radius 3 is 2.29 bits per heavy atom. The molecule has 41 heavy (non-hydrogen) atoms. The lowest BCUT2D eigenvalue weighted by molar-refractivity contribution is -0.599. The number of halogens is 2. The van der Waals surface area contributed by atoms with Crippen LogP contribution in [-0.2, 0) is 0 Å². The lowest BCUT2D eigenvalue weighted by Crippen LogP contribution is -2.56. The second-order valence-corrected chi connectivity index (χ2v) is 16.1. The average molecular weight is 574 g/mol. The number of allylic oxidation sites excluding steroid dienone is 5. The number of carboxylic acids is 2. The molecule has 0 amide bonds. The second-order valence-electron chi connectivity index (χ2n) is 11.9. The molecule has 1 spiro atoms. The van der Waals surface area contributed by atoms with Crippen LogP contribution >= 0.6 is 0 Å². The van der Waals surface area contributed by atoms with Gasteiger partial charge in [-0.1, -0.05) is 25.3 Å². The van der Waals surface area contributed by atoms with Gasteiger partial charge < -0.3 is 15.1 Å². The fourth-order valence-electron chi connectivity index (χ4n) is 7.30. The summed E-state index contributed by atoms with van der Waals surface area (Å²) >= 11 is 0. The van der Waals surface area contributed by atoms with E-state index in [2.05, 4.69) is 12.1 Å². The van der Waals surface area contributed by atoms with Gasteiger partial charge >= 0.3 is 11.9 Å². The maximum atomic E-state index is 13.9. The summed E-state index contributed by atoms with van der Waals surface area (Å²) in [6, 6.07) is 12.5. The van der Waals surface area contributed by atoms with Crippen LogP contribution in [0, 0.1) is 0 Å². The summed E-state index contributed by atoms with van der Waals surface area (Å²) in [5.41, 5.74) is 4.98. The molecule has 0 atom stereocenters. The lowest BCUT2D eigenvalue weighted by atomic mass is 9.86. The molecule has 0 aromatic heterocycles. The second kappa shape index (κ2) is 9.62. The van der Waals surface area contributed by atoms with Crippen LogP contribution in [0.2, 0.25) is 12.1 Å². The Balaban J connectivity index is 1.53. The van der Waals surface area contributed by atoms with Crippen LogP contribution in [0.3, 0.4) is 0 Å². The van der Waals surface area contributed by atoms with Gasteiger partial charge in [0.25, 0.3) is 0 Å². The van der Waals surface area contributed by atoms with E-state index in [1.54, 1.807) is 0 Å². The number of carboxylic acid groups (broad SMARTS) is 2. The molecule has 7 rings (SSSR count). The van der Waals surface area contributed by atoms with Gasteiger partial charge in [0.1, 0.15) is 14.2 Å². The normalized spacial score (nSPS) is 23.0. The van der Waals surface area contributed by atoms with Gasteiger partial charge in [0.2, 0.25) is 6.17 Å². The standard InChI is InChI=1S/C32H30F2N2O4Si/c33-20-15-35(16-20)22-5-8-25-28(13-22)41(10-2-1-3-11-41)29-14-23(36-17-21(34)18-36)6-9-26(29)30(25)27-12-19(31(37)38)4-7-24(27)32(39)40/h4-9,12-14,20-21H,1-3,10-11,15-18H2,(H-,37,38,39,40)/p+1. The fraction of sp³-hybridized carbons (Fsp3) is 0.344. The number of benzene rings is 2. The van der Waals surface area contributed by atoms with Gasteiger partial charge in [0, 0.05) is 17.8 Å². The van der Waals surface area contributed by atoms with Gasteiger partial charge in [-0.25, -0.2) is 22.9 Å². The quantitative estimate of drug-likeness (QED) is 0.408. The van der Waals surface area contributed by atoms with Crippen molar-refractivity contribution in [2.24, 2.45) is 0 Å². The number of hydrogen-bond donors (Lipinski definition) is 2. The first-order valence-corrected chi connectivity index (χ1v) is 16.7. The molecule has 4 aliphatic heterocycles. The highest BCUT2D eigenvalue weighted by atomic mass is 28.3. The maximum absolute atomic E-state index is 13.9. The topological polar surface area (TPSA) is 80.8 Å². The van der Waals surface area contributed by atoms with Crippen molar-refractivity contribution in [2.45, 2.75) is 43.7 Å². The molecule has 2 N–H and O–H groups in total. The van der Waals surface area contributed by atoms with Gasteiger partial charge in [0.15, 0.2) is 18.8 Å². The van der Waals surface area contributed by atoms with Crippen LogP contribution in [0.25, 0.3) is 5.57 Å². The zero-order chi connectivity index (χ0) is 28.5. The number of alkyl halides is 2. The lowest BCUT2D eigenvalue weighted by Gasteiger charge is -2.45. The zero-order valence-electron chi connectivity index (χ0n) is 22.6. The molecule has 1 aliphatic carbocycles. The van der Waals surface area contributed by atoms with Gasteiger partial charge in [-0.05, 0) is 81.2 Å². The Morgan fingerprint density at radius 2 is 1.63 bits per heavy atom. The highest BCUT2D eigenvalue weighted by Gasteiger charge is 2.48. The van der Waals surface area contributed by atoms with Gasteiger partial charge in [-0.2, -0.15) is 0 Å². The van der Waals surface area contributed by atoms with Crippen LogP contribution in [0.1, 0.15) is 51.1 Å². The largest absolute Gasteiger partial charge is 0.478 e. The minimum Gasteiger partial charge on any atom is -0.478 e. The van der Waals surface area contributed by atoms with Crippen LogP contribution in [0.4, 0.5) is 14.5 Å². The predicted molar refractivity (Wildman–Crippen MR) is 156 cm³/mol. The summed E-state index contributed by atoms with van der Waals surface area (Å²) in [5, 5.41) is 22.4. The van der Waals surface area contributed by atoms with Crippen molar-refractivity contribution in [3.8, 4) is 0 Å². The zero-order valence-corrected chi connectivity index (χ0v) is 23.6. The monoisotopic (exact) mass is 573 g/mol. The third-order valence-corrected chi connectivity index (χ3v) is 14.8. The summed E-state index contributed by atoms with van der Waals surface area (Å²) < 4.78 is 29.8. The minimum absolute atomic E-state index is 0.0215. The van der Waals surface area contributed by atoms with E-state index < -0.39 is 32.4 Å². The molecule has 6 nitrogen and oxygen atoms in total. The molecular formula is C32H31F2N2O4Si+. The summed E-state index contributed by atoms with van der Waals surface area (Å²) in [4.78, 5) is 26.5. The van der Waals surface area contributed by atoms with Gasteiger partial charge in [0.05, 0.1) is 24.2 Å². The van der Waals surface area contributed by atoms with E-state index in [0.29, 0.717) is 31.7 Å². The number of aromatic carboxylic acids is 2. The molecule has 0 radical (unpaired) electrons. The van der Waals surface area contributed by atoms with E-state index in [1.807, 2.05) is 33.8 Å². The molecule has 0 bridgehead atoms. The van der Waals surface area contributed by atoms with Crippen LogP contribution in [0.5, 0.6) is 0 Å². The highest BCUT2D eigenvalue weighted by molar-refractivity contribution is 7.00. The van der Waals surface area contributed by atoms with Crippen molar-refractivity contribution in [3.05, 3.63) is 87.6 Å². The van der Waals surface area contributed by atoms with Crippen molar-refractivity contribution in [3.63, 3.8) is 0 Å². The maximum Gasteiger partial charge on any atom is 0.336 e. The van der Waals surface area contributed by atoms with Crippen LogP contribution in [0.15, 0.2) is 65.4 Å². The summed E-state index contributed by atoms with van der Waals surface area (Å²) in [6.07, 6.45) is 7.88. The van der Waals surface area contributed by atoms with E-state index in [1.165, 1.54) is 28.6 Å². The molecule has 3 fully saturated rings. The molecule has 2 aromatic rings.